The number of sulfonamides is 1. The van der Waals surface area contributed by atoms with Gasteiger partial charge in [-0.05, 0) is 86.1 Å². The summed E-state index contributed by atoms with van der Waals surface area (Å²) in [5.41, 5.74) is 6.77. The Hall–Kier alpha value is -2.96. The molecular weight excluding hydrogens is 444 g/mol. The lowest BCUT2D eigenvalue weighted by Crippen LogP contribution is -2.27. The third-order valence-corrected chi connectivity index (χ3v) is 7.63. The molecule has 1 unspecified atom stereocenters. The van der Waals surface area contributed by atoms with Crippen LogP contribution < -0.4 is 10.0 Å². The van der Waals surface area contributed by atoms with Gasteiger partial charge in [-0.25, -0.2) is 13.1 Å². The molecule has 34 heavy (non-hydrogen) atoms. The van der Waals surface area contributed by atoms with Crippen LogP contribution in [0.2, 0.25) is 0 Å². The molecule has 6 heteroatoms. The van der Waals surface area contributed by atoms with E-state index in [1.807, 2.05) is 37.3 Å². The fraction of sp³-hybridized carbons (Fsp3) is 0.321. The molecule has 5 nitrogen and oxygen atoms in total. The quantitative estimate of drug-likeness (QED) is 0.433. The molecule has 0 bridgehead atoms. The first-order chi connectivity index (χ1) is 16.2. The number of hydrogen-bond acceptors (Lipinski definition) is 3. The van der Waals surface area contributed by atoms with Gasteiger partial charge in [0.05, 0.1) is 10.9 Å². The van der Waals surface area contributed by atoms with E-state index in [1.54, 1.807) is 24.3 Å². The van der Waals surface area contributed by atoms with E-state index in [2.05, 4.69) is 42.9 Å². The van der Waals surface area contributed by atoms with Crippen molar-refractivity contribution in [3.8, 4) is 0 Å². The van der Waals surface area contributed by atoms with E-state index in [0.717, 1.165) is 16.7 Å². The van der Waals surface area contributed by atoms with Gasteiger partial charge in [0, 0.05) is 13.0 Å². The predicted octanol–water partition coefficient (Wildman–Crippen LogP) is 4.94. The Balaban J connectivity index is 1.50. The van der Waals surface area contributed by atoms with Crippen molar-refractivity contribution in [3.63, 3.8) is 0 Å². The Kier molecular flexibility index (Phi) is 8.64. The molecule has 0 fully saturated rings. The van der Waals surface area contributed by atoms with Gasteiger partial charge in [0.2, 0.25) is 15.9 Å². The highest BCUT2D eigenvalue weighted by molar-refractivity contribution is 7.89. The first-order valence-corrected chi connectivity index (χ1v) is 13.1. The fourth-order valence-electron chi connectivity index (χ4n) is 3.99. The average molecular weight is 479 g/mol. The van der Waals surface area contributed by atoms with Crippen molar-refractivity contribution < 1.29 is 13.2 Å². The van der Waals surface area contributed by atoms with Crippen molar-refractivity contribution in [2.75, 3.05) is 6.54 Å². The van der Waals surface area contributed by atoms with Crippen molar-refractivity contribution in [2.45, 2.75) is 57.9 Å². The zero-order chi connectivity index (χ0) is 24.7. The molecule has 2 N–H and O–H groups in total. The Morgan fingerprint density at radius 2 is 1.44 bits per heavy atom. The van der Waals surface area contributed by atoms with Gasteiger partial charge in [0.15, 0.2) is 0 Å². The lowest BCUT2D eigenvalue weighted by molar-refractivity contribution is -0.121. The maximum atomic E-state index is 12.6. The Morgan fingerprint density at radius 3 is 2.12 bits per heavy atom. The van der Waals surface area contributed by atoms with Crippen LogP contribution in [0.5, 0.6) is 0 Å². The number of hydrogen-bond donors (Lipinski definition) is 2. The molecule has 0 saturated heterocycles. The molecule has 3 aromatic rings. The summed E-state index contributed by atoms with van der Waals surface area (Å²) in [4.78, 5) is 12.7. The highest BCUT2D eigenvalue weighted by atomic mass is 32.2. The van der Waals surface area contributed by atoms with Crippen molar-refractivity contribution in [3.05, 3.63) is 100 Å². The topological polar surface area (TPSA) is 75.3 Å². The molecule has 0 aliphatic carbocycles. The smallest absolute Gasteiger partial charge is 0.240 e. The minimum absolute atomic E-state index is 0.0237. The van der Waals surface area contributed by atoms with Crippen LogP contribution in [0.15, 0.2) is 71.6 Å². The van der Waals surface area contributed by atoms with E-state index in [-0.39, 0.29) is 16.8 Å². The number of carbonyl (C=O) groups is 1. The van der Waals surface area contributed by atoms with Crippen molar-refractivity contribution >= 4 is 15.9 Å². The maximum Gasteiger partial charge on any atom is 0.240 e. The molecule has 0 heterocycles. The number of nitrogens with one attached hydrogen (secondary N) is 2. The molecule has 3 rings (SSSR count). The Morgan fingerprint density at radius 1 is 0.824 bits per heavy atom. The van der Waals surface area contributed by atoms with E-state index in [4.69, 9.17) is 0 Å². The van der Waals surface area contributed by atoms with Crippen LogP contribution >= 0.6 is 0 Å². The highest BCUT2D eigenvalue weighted by Gasteiger charge is 2.15. The summed E-state index contributed by atoms with van der Waals surface area (Å²) < 4.78 is 27.8. The third kappa shape index (κ3) is 7.02. The lowest BCUT2D eigenvalue weighted by Gasteiger charge is -2.18. The van der Waals surface area contributed by atoms with Crippen LogP contribution in [0.25, 0.3) is 0 Å². The number of carbonyl (C=O) groups excluding carboxylic acids is 1. The zero-order valence-electron chi connectivity index (χ0n) is 20.4. The summed E-state index contributed by atoms with van der Waals surface area (Å²) in [6, 6.07) is 20.7. The van der Waals surface area contributed by atoms with Crippen LogP contribution in [-0.2, 0) is 27.7 Å². The summed E-state index contributed by atoms with van der Waals surface area (Å²) >= 11 is 0. The fourth-order valence-corrected chi connectivity index (χ4v) is 5.02. The summed E-state index contributed by atoms with van der Waals surface area (Å²) in [5, 5.41) is 3.08. The summed E-state index contributed by atoms with van der Waals surface area (Å²) in [7, 11) is -3.57. The second kappa shape index (κ2) is 11.4. The molecule has 1 amide bonds. The number of benzene rings is 3. The SMILES string of the molecule is Cc1cc(C)c(C(C)NC(=O)CCc2ccc(S(=O)(=O)NCCc3ccccc3)cc2)cc1C. The molecular formula is C28H34N2O3S. The second-order valence-corrected chi connectivity index (χ2v) is 10.6. The third-order valence-electron chi connectivity index (χ3n) is 6.15. The largest absolute Gasteiger partial charge is 0.350 e. The molecule has 0 radical (unpaired) electrons. The van der Waals surface area contributed by atoms with Gasteiger partial charge in [-0.1, -0.05) is 54.6 Å². The normalized spacial score (nSPS) is 12.4. The first kappa shape index (κ1) is 25.7. The van der Waals surface area contributed by atoms with Crippen molar-refractivity contribution in [2.24, 2.45) is 0 Å². The number of amides is 1. The van der Waals surface area contributed by atoms with Crippen LogP contribution in [0.4, 0.5) is 0 Å². The van der Waals surface area contributed by atoms with Gasteiger partial charge in [0.25, 0.3) is 0 Å². The Labute approximate surface area is 203 Å². The molecule has 0 aromatic heterocycles. The summed E-state index contributed by atoms with van der Waals surface area (Å²) in [6.07, 6.45) is 1.52. The Bertz CT molecular complexity index is 1220. The van der Waals surface area contributed by atoms with E-state index in [9.17, 15) is 13.2 Å². The monoisotopic (exact) mass is 478 g/mol. The van der Waals surface area contributed by atoms with Gasteiger partial charge >= 0.3 is 0 Å². The number of rotatable bonds is 10. The minimum atomic E-state index is -3.57. The van der Waals surface area contributed by atoms with Crippen LogP contribution in [0.3, 0.4) is 0 Å². The summed E-state index contributed by atoms with van der Waals surface area (Å²) in [5.74, 6) is -0.0237. The minimum Gasteiger partial charge on any atom is -0.350 e. The lowest BCUT2D eigenvalue weighted by atomic mass is 9.96. The maximum absolute atomic E-state index is 12.6. The van der Waals surface area contributed by atoms with Crippen LogP contribution in [-0.4, -0.2) is 20.9 Å². The average Bonchev–Trinajstić information content (AvgIpc) is 2.81. The van der Waals surface area contributed by atoms with E-state index in [0.29, 0.717) is 25.8 Å². The van der Waals surface area contributed by atoms with Crippen LogP contribution in [0, 0.1) is 20.8 Å². The van der Waals surface area contributed by atoms with Crippen molar-refractivity contribution in [1.82, 2.24) is 10.0 Å². The zero-order valence-corrected chi connectivity index (χ0v) is 21.2. The van der Waals surface area contributed by atoms with Gasteiger partial charge in [0.1, 0.15) is 0 Å². The van der Waals surface area contributed by atoms with Gasteiger partial charge in [-0.15, -0.1) is 0 Å². The molecule has 1 atom stereocenters. The molecule has 0 saturated carbocycles. The van der Waals surface area contributed by atoms with Crippen molar-refractivity contribution in [1.29, 1.82) is 0 Å². The molecule has 180 valence electrons. The molecule has 3 aromatic carbocycles. The van der Waals surface area contributed by atoms with Crippen LogP contribution in [0.1, 0.15) is 52.8 Å². The predicted molar refractivity (Wildman–Crippen MR) is 137 cm³/mol. The summed E-state index contributed by atoms with van der Waals surface area (Å²) in [6.45, 7) is 8.57. The second-order valence-electron chi connectivity index (χ2n) is 8.86. The van der Waals surface area contributed by atoms with E-state index < -0.39 is 10.0 Å². The number of aryl methyl sites for hydroxylation is 4. The first-order valence-electron chi connectivity index (χ1n) is 11.7. The van der Waals surface area contributed by atoms with Gasteiger partial charge in [-0.3, -0.25) is 4.79 Å². The van der Waals surface area contributed by atoms with Gasteiger partial charge < -0.3 is 5.32 Å². The van der Waals surface area contributed by atoms with E-state index >= 15 is 0 Å². The standard InChI is InChI=1S/C28H34N2O3S/c1-20-18-22(3)27(19-21(20)2)23(4)30-28(31)15-12-25-10-13-26(14-11-25)34(32,33)29-17-16-24-8-6-5-7-9-24/h5-11,13-14,18-19,23,29H,12,15-17H2,1-4H3,(H,30,31). The molecule has 0 aliphatic rings. The molecule has 0 aliphatic heterocycles. The van der Waals surface area contributed by atoms with E-state index in [1.165, 1.54) is 16.7 Å². The molecule has 0 spiro atoms. The van der Waals surface area contributed by atoms with Gasteiger partial charge in [-0.2, -0.15) is 0 Å². The highest BCUT2D eigenvalue weighted by Crippen LogP contribution is 2.22.